The monoisotopic (exact) mass is 411 g/mol. The molecule has 0 bridgehead atoms. The molecule has 0 spiro atoms. The highest BCUT2D eigenvalue weighted by atomic mass is 79.9. The second-order valence-electron chi connectivity index (χ2n) is 7.13. The lowest BCUT2D eigenvalue weighted by molar-refractivity contribution is -0.138. The summed E-state index contributed by atoms with van der Waals surface area (Å²) in [6.45, 7) is 6.89. The fourth-order valence-corrected chi connectivity index (χ4v) is 4.46. The molecule has 1 amide bonds. The lowest BCUT2D eigenvalue weighted by Gasteiger charge is -2.44. The predicted molar refractivity (Wildman–Crippen MR) is 111 cm³/mol. The Labute approximate surface area is 165 Å². The maximum Gasteiger partial charge on any atom is 0.223 e. The lowest BCUT2D eigenvalue weighted by Crippen LogP contribution is -2.47. The van der Waals surface area contributed by atoms with Gasteiger partial charge >= 0.3 is 0 Å². The van der Waals surface area contributed by atoms with Crippen LogP contribution in [0.3, 0.4) is 0 Å². The van der Waals surface area contributed by atoms with E-state index in [1.807, 2.05) is 12.1 Å². The zero-order chi connectivity index (χ0) is 18.6. The van der Waals surface area contributed by atoms with Crippen molar-refractivity contribution in [1.82, 2.24) is 4.90 Å². The van der Waals surface area contributed by atoms with Gasteiger partial charge in [0.25, 0.3) is 0 Å². The molecule has 1 saturated heterocycles. The number of likely N-dealkylation sites (tertiary alicyclic amines) is 1. The number of halogens is 1. The molecule has 0 saturated carbocycles. The molecule has 1 heterocycles. The van der Waals surface area contributed by atoms with E-state index in [-0.39, 0.29) is 17.4 Å². The standard InChI is InChI=1S/C23H26BrNO/c1-3-14-23(19-8-6-5-7-9-19)15-16-25(22(26)17-23)21(4-2)18-10-12-20(24)13-11-18/h3,5-13,21H,1,4,14-17H2,2H3. The summed E-state index contributed by atoms with van der Waals surface area (Å²) in [6.07, 6.45) is 5.25. The third kappa shape index (κ3) is 3.78. The van der Waals surface area contributed by atoms with E-state index < -0.39 is 0 Å². The van der Waals surface area contributed by atoms with Crippen LogP contribution in [0.5, 0.6) is 0 Å². The highest BCUT2D eigenvalue weighted by molar-refractivity contribution is 9.10. The molecule has 2 aromatic carbocycles. The Kier molecular flexibility index (Phi) is 5.98. The van der Waals surface area contributed by atoms with Gasteiger partial charge in [0.05, 0.1) is 6.04 Å². The maximum atomic E-state index is 13.2. The van der Waals surface area contributed by atoms with Gasteiger partial charge in [0.15, 0.2) is 0 Å². The third-order valence-electron chi connectivity index (χ3n) is 5.58. The summed E-state index contributed by atoms with van der Waals surface area (Å²) in [5.41, 5.74) is 2.35. The second-order valence-corrected chi connectivity index (χ2v) is 8.04. The summed E-state index contributed by atoms with van der Waals surface area (Å²) >= 11 is 3.49. The number of hydrogen-bond donors (Lipinski definition) is 0. The fraction of sp³-hybridized carbons (Fsp3) is 0.348. The first-order valence-corrected chi connectivity index (χ1v) is 10.1. The Morgan fingerprint density at radius 1 is 1.19 bits per heavy atom. The smallest absolute Gasteiger partial charge is 0.223 e. The highest BCUT2D eigenvalue weighted by Gasteiger charge is 2.41. The normalized spacial score (nSPS) is 21.5. The van der Waals surface area contributed by atoms with Crippen molar-refractivity contribution in [3.05, 3.63) is 82.9 Å². The first-order valence-electron chi connectivity index (χ1n) is 9.31. The van der Waals surface area contributed by atoms with E-state index in [0.717, 1.165) is 30.3 Å². The zero-order valence-electron chi connectivity index (χ0n) is 15.3. The van der Waals surface area contributed by atoms with E-state index in [4.69, 9.17) is 0 Å². The molecule has 1 aliphatic rings. The molecule has 2 unspecified atom stereocenters. The van der Waals surface area contributed by atoms with Crippen LogP contribution >= 0.6 is 15.9 Å². The van der Waals surface area contributed by atoms with Crippen molar-refractivity contribution < 1.29 is 4.79 Å². The summed E-state index contributed by atoms with van der Waals surface area (Å²) < 4.78 is 1.06. The second kappa shape index (κ2) is 8.22. The number of piperidine rings is 1. The van der Waals surface area contributed by atoms with Gasteiger partial charge in [0.1, 0.15) is 0 Å². The van der Waals surface area contributed by atoms with Gasteiger partial charge < -0.3 is 4.90 Å². The molecule has 2 aromatic rings. The average molecular weight is 412 g/mol. The van der Waals surface area contributed by atoms with Crippen molar-refractivity contribution >= 4 is 21.8 Å². The maximum absolute atomic E-state index is 13.2. The lowest BCUT2D eigenvalue weighted by atomic mass is 9.70. The van der Waals surface area contributed by atoms with Crippen LogP contribution in [0.4, 0.5) is 0 Å². The summed E-state index contributed by atoms with van der Waals surface area (Å²) in [4.78, 5) is 15.3. The molecular weight excluding hydrogens is 386 g/mol. The largest absolute Gasteiger partial charge is 0.336 e. The minimum absolute atomic E-state index is 0.116. The quantitative estimate of drug-likeness (QED) is 0.530. The molecular formula is C23H26BrNO. The van der Waals surface area contributed by atoms with Crippen molar-refractivity contribution in [2.45, 2.75) is 44.1 Å². The number of carbonyl (C=O) groups excluding carboxylic acids is 1. The molecule has 26 heavy (non-hydrogen) atoms. The van der Waals surface area contributed by atoms with Crippen molar-refractivity contribution in [2.75, 3.05) is 6.54 Å². The van der Waals surface area contributed by atoms with Gasteiger partial charge in [0, 0.05) is 22.9 Å². The minimum atomic E-state index is -0.116. The van der Waals surface area contributed by atoms with Crippen LogP contribution in [0.15, 0.2) is 71.7 Å². The molecule has 1 aliphatic heterocycles. The number of hydrogen-bond acceptors (Lipinski definition) is 1. The predicted octanol–water partition coefficient (Wildman–Crippen LogP) is 6.04. The number of allylic oxidation sites excluding steroid dienone is 1. The third-order valence-corrected chi connectivity index (χ3v) is 6.11. The molecule has 0 N–H and O–H groups in total. The SMILES string of the molecule is C=CCC1(c2ccccc2)CCN(C(CC)c2ccc(Br)cc2)C(=O)C1. The molecule has 1 fully saturated rings. The molecule has 0 aromatic heterocycles. The van der Waals surface area contributed by atoms with Crippen LogP contribution < -0.4 is 0 Å². The van der Waals surface area contributed by atoms with E-state index in [1.54, 1.807) is 0 Å². The van der Waals surface area contributed by atoms with Gasteiger partial charge in [-0.25, -0.2) is 0 Å². The van der Waals surface area contributed by atoms with Crippen LogP contribution in [-0.4, -0.2) is 17.4 Å². The Hall–Kier alpha value is -1.87. The molecule has 3 heteroatoms. The number of benzene rings is 2. The first kappa shape index (κ1) is 18.9. The van der Waals surface area contributed by atoms with Crippen molar-refractivity contribution in [2.24, 2.45) is 0 Å². The fourth-order valence-electron chi connectivity index (χ4n) is 4.20. The highest BCUT2D eigenvalue weighted by Crippen LogP contribution is 2.42. The Morgan fingerprint density at radius 2 is 1.88 bits per heavy atom. The molecule has 3 rings (SSSR count). The number of rotatable bonds is 6. The van der Waals surface area contributed by atoms with Gasteiger partial charge in [-0.3, -0.25) is 4.79 Å². The number of carbonyl (C=O) groups is 1. The van der Waals surface area contributed by atoms with Crippen LogP contribution in [0.1, 0.15) is 49.8 Å². The first-order chi connectivity index (χ1) is 12.6. The van der Waals surface area contributed by atoms with E-state index in [2.05, 4.69) is 82.9 Å². The summed E-state index contributed by atoms with van der Waals surface area (Å²) in [5.74, 6) is 0.247. The van der Waals surface area contributed by atoms with E-state index in [9.17, 15) is 4.79 Å². The van der Waals surface area contributed by atoms with E-state index >= 15 is 0 Å². The van der Waals surface area contributed by atoms with Crippen LogP contribution in [-0.2, 0) is 10.2 Å². The Balaban J connectivity index is 1.85. The minimum Gasteiger partial charge on any atom is -0.336 e. The van der Waals surface area contributed by atoms with Crippen LogP contribution in [0, 0.1) is 0 Å². The van der Waals surface area contributed by atoms with Gasteiger partial charge in [-0.1, -0.05) is 71.4 Å². The Bertz CT molecular complexity index is 756. The van der Waals surface area contributed by atoms with E-state index in [1.165, 1.54) is 11.1 Å². The Morgan fingerprint density at radius 3 is 2.46 bits per heavy atom. The van der Waals surface area contributed by atoms with Crippen molar-refractivity contribution in [3.63, 3.8) is 0 Å². The van der Waals surface area contributed by atoms with Gasteiger partial charge in [-0.05, 0) is 42.5 Å². The van der Waals surface area contributed by atoms with Crippen LogP contribution in [0.25, 0.3) is 0 Å². The summed E-state index contributed by atoms with van der Waals surface area (Å²) in [7, 11) is 0. The van der Waals surface area contributed by atoms with E-state index in [0.29, 0.717) is 6.42 Å². The average Bonchev–Trinajstić information content (AvgIpc) is 2.66. The zero-order valence-corrected chi connectivity index (χ0v) is 16.9. The van der Waals surface area contributed by atoms with Gasteiger partial charge in [-0.2, -0.15) is 0 Å². The molecule has 136 valence electrons. The molecule has 0 radical (unpaired) electrons. The van der Waals surface area contributed by atoms with Gasteiger partial charge in [-0.15, -0.1) is 6.58 Å². The molecule has 2 nitrogen and oxygen atoms in total. The molecule has 0 aliphatic carbocycles. The van der Waals surface area contributed by atoms with Crippen LogP contribution in [0.2, 0.25) is 0 Å². The topological polar surface area (TPSA) is 20.3 Å². The molecule has 2 atom stereocenters. The van der Waals surface area contributed by atoms with Crippen molar-refractivity contribution in [3.8, 4) is 0 Å². The summed E-state index contributed by atoms with van der Waals surface area (Å²) in [5, 5.41) is 0. The summed E-state index contributed by atoms with van der Waals surface area (Å²) in [6, 6.07) is 19.0. The van der Waals surface area contributed by atoms with Gasteiger partial charge in [0.2, 0.25) is 5.91 Å². The number of nitrogens with zero attached hydrogens (tertiary/aromatic N) is 1. The van der Waals surface area contributed by atoms with Crippen molar-refractivity contribution in [1.29, 1.82) is 0 Å². The number of amides is 1.